The predicted octanol–water partition coefficient (Wildman–Crippen LogP) is 3.90. The quantitative estimate of drug-likeness (QED) is 0.507. The lowest BCUT2D eigenvalue weighted by Gasteiger charge is -2.24. The van der Waals surface area contributed by atoms with Gasteiger partial charge in [0.2, 0.25) is 0 Å². The van der Waals surface area contributed by atoms with Crippen molar-refractivity contribution in [1.82, 2.24) is 4.90 Å². The molecule has 0 bridgehead atoms. The monoisotopic (exact) mass is 371 g/mol. The molecule has 0 saturated heterocycles. The molecule has 1 atom stereocenters. The van der Waals surface area contributed by atoms with Crippen LogP contribution in [0.25, 0.3) is 0 Å². The number of carbonyl (C=O) groups is 1. The first-order valence-electron chi connectivity index (χ1n) is 9.34. The van der Waals surface area contributed by atoms with Crippen LogP contribution in [-0.2, 0) is 11.2 Å². The van der Waals surface area contributed by atoms with E-state index in [1.165, 1.54) is 17.7 Å². The maximum absolute atomic E-state index is 12.4. The highest BCUT2D eigenvalue weighted by Gasteiger charge is 2.17. The summed E-state index contributed by atoms with van der Waals surface area (Å²) in [6.45, 7) is 2.85. The number of likely N-dealkylation sites (N-methyl/N-ethyl adjacent to an activating group) is 1. The topological polar surface area (TPSA) is 59.0 Å². The summed E-state index contributed by atoms with van der Waals surface area (Å²) in [5.74, 6) is -0.0838. The summed E-state index contributed by atoms with van der Waals surface area (Å²) in [6, 6.07) is 14.8. The van der Waals surface area contributed by atoms with Crippen molar-refractivity contribution in [3.8, 4) is 11.5 Å². The van der Waals surface area contributed by atoms with Crippen molar-refractivity contribution in [2.24, 2.45) is 0 Å². The highest BCUT2D eigenvalue weighted by atomic mass is 16.5. The van der Waals surface area contributed by atoms with Gasteiger partial charge in [0, 0.05) is 6.04 Å². The summed E-state index contributed by atoms with van der Waals surface area (Å²) in [5, 5.41) is 9.89. The van der Waals surface area contributed by atoms with E-state index in [0.717, 1.165) is 19.3 Å². The van der Waals surface area contributed by atoms with E-state index in [4.69, 9.17) is 9.47 Å². The van der Waals surface area contributed by atoms with Gasteiger partial charge in [-0.05, 0) is 50.7 Å². The molecule has 0 heterocycles. The molecule has 0 aliphatic carbocycles. The van der Waals surface area contributed by atoms with Crippen LogP contribution in [0.4, 0.5) is 0 Å². The number of carbonyl (C=O) groups excluding carboxylic acids is 1. The molecule has 2 rings (SSSR count). The fraction of sp³-hybridized carbons (Fsp3) is 0.409. The zero-order chi connectivity index (χ0) is 19.6. The highest BCUT2D eigenvalue weighted by Crippen LogP contribution is 2.27. The molecule has 27 heavy (non-hydrogen) atoms. The second-order valence-electron chi connectivity index (χ2n) is 6.79. The van der Waals surface area contributed by atoms with Gasteiger partial charge >= 0.3 is 5.97 Å². The van der Waals surface area contributed by atoms with Gasteiger partial charge in [-0.3, -0.25) is 0 Å². The number of hydrogen-bond donors (Lipinski definition) is 1. The number of aromatic hydroxyl groups is 1. The Balaban J connectivity index is 1.97. The smallest absolute Gasteiger partial charge is 0.338 e. The molecular formula is C22H29NO4. The number of phenols is 1. The Labute approximate surface area is 161 Å². The highest BCUT2D eigenvalue weighted by molar-refractivity contribution is 5.90. The SMILES string of the molecule is CCCCOc1cc(C(=O)OC[C@H](Cc2ccccc2)N(C)C)ccc1O. The van der Waals surface area contributed by atoms with Crippen molar-refractivity contribution in [3.05, 3.63) is 59.7 Å². The van der Waals surface area contributed by atoms with Crippen molar-refractivity contribution in [2.75, 3.05) is 27.3 Å². The van der Waals surface area contributed by atoms with Gasteiger partial charge in [-0.15, -0.1) is 0 Å². The van der Waals surface area contributed by atoms with E-state index in [1.54, 1.807) is 6.07 Å². The maximum atomic E-state index is 12.4. The number of esters is 1. The first-order valence-corrected chi connectivity index (χ1v) is 9.34. The summed E-state index contributed by atoms with van der Waals surface area (Å²) in [6.07, 6.45) is 2.68. The van der Waals surface area contributed by atoms with E-state index in [0.29, 0.717) is 17.9 Å². The molecular weight excluding hydrogens is 342 g/mol. The largest absolute Gasteiger partial charge is 0.504 e. The zero-order valence-electron chi connectivity index (χ0n) is 16.4. The number of ether oxygens (including phenoxy) is 2. The Hall–Kier alpha value is -2.53. The second kappa shape index (κ2) is 10.6. The van der Waals surface area contributed by atoms with Gasteiger partial charge in [0.25, 0.3) is 0 Å². The lowest BCUT2D eigenvalue weighted by Crippen LogP contribution is -2.35. The molecule has 1 N–H and O–H groups in total. The molecule has 146 valence electrons. The summed E-state index contributed by atoms with van der Waals surface area (Å²) >= 11 is 0. The molecule has 5 heteroatoms. The van der Waals surface area contributed by atoms with Crippen molar-refractivity contribution in [3.63, 3.8) is 0 Å². The molecule has 0 spiro atoms. The van der Waals surface area contributed by atoms with Gasteiger partial charge < -0.3 is 19.5 Å². The van der Waals surface area contributed by atoms with Crippen molar-refractivity contribution < 1.29 is 19.4 Å². The van der Waals surface area contributed by atoms with E-state index >= 15 is 0 Å². The van der Waals surface area contributed by atoms with Crippen LogP contribution in [0, 0.1) is 0 Å². The summed E-state index contributed by atoms with van der Waals surface area (Å²) < 4.78 is 11.1. The van der Waals surface area contributed by atoms with E-state index in [2.05, 4.69) is 24.0 Å². The average Bonchev–Trinajstić information content (AvgIpc) is 2.67. The third-order valence-corrected chi connectivity index (χ3v) is 4.40. The number of hydrogen-bond acceptors (Lipinski definition) is 5. The molecule has 5 nitrogen and oxygen atoms in total. The Bertz CT molecular complexity index is 716. The summed E-state index contributed by atoms with van der Waals surface area (Å²) in [4.78, 5) is 14.5. The van der Waals surface area contributed by atoms with Crippen molar-refractivity contribution in [2.45, 2.75) is 32.2 Å². The van der Waals surface area contributed by atoms with Crippen LogP contribution in [0.1, 0.15) is 35.7 Å². The molecule has 0 aliphatic heterocycles. The van der Waals surface area contributed by atoms with E-state index in [1.807, 2.05) is 32.3 Å². The van der Waals surface area contributed by atoms with Gasteiger partial charge in [0.05, 0.1) is 12.2 Å². The Morgan fingerprint density at radius 3 is 2.56 bits per heavy atom. The molecule has 2 aromatic carbocycles. The Morgan fingerprint density at radius 2 is 1.89 bits per heavy atom. The van der Waals surface area contributed by atoms with Gasteiger partial charge in [-0.2, -0.15) is 0 Å². The number of nitrogens with zero attached hydrogens (tertiary/aromatic N) is 1. The van der Waals surface area contributed by atoms with Gasteiger partial charge in [-0.25, -0.2) is 4.79 Å². The lowest BCUT2D eigenvalue weighted by molar-refractivity contribution is 0.0400. The van der Waals surface area contributed by atoms with E-state index in [-0.39, 0.29) is 18.4 Å². The van der Waals surface area contributed by atoms with Crippen molar-refractivity contribution in [1.29, 1.82) is 0 Å². The number of unbranched alkanes of at least 4 members (excludes halogenated alkanes) is 1. The lowest BCUT2D eigenvalue weighted by atomic mass is 10.1. The summed E-state index contributed by atoms with van der Waals surface area (Å²) in [5.41, 5.74) is 1.57. The molecule has 0 fully saturated rings. The summed E-state index contributed by atoms with van der Waals surface area (Å²) in [7, 11) is 3.95. The van der Waals surface area contributed by atoms with Crippen LogP contribution < -0.4 is 4.74 Å². The van der Waals surface area contributed by atoms with Gasteiger partial charge in [0.15, 0.2) is 11.5 Å². The third kappa shape index (κ3) is 6.61. The van der Waals surface area contributed by atoms with Crippen molar-refractivity contribution >= 4 is 5.97 Å². The standard InChI is InChI=1S/C22H29NO4/c1-4-5-13-26-21-15-18(11-12-20(21)24)22(25)27-16-19(23(2)3)14-17-9-7-6-8-10-17/h6-12,15,19,24H,4-5,13-14,16H2,1-3H3/t19-/m0/s1. The molecule has 0 aromatic heterocycles. The fourth-order valence-corrected chi connectivity index (χ4v) is 2.62. The molecule has 0 saturated carbocycles. The van der Waals surface area contributed by atoms with Crippen LogP contribution in [0.3, 0.4) is 0 Å². The van der Waals surface area contributed by atoms with E-state index < -0.39 is 5.97 Å². The Morgan fingerprint density at radius 1 is 1.15 bits per heavy atom. The number of rotatable bonds is 10. The zero-order valence-corrected chi connectivity index (χ0v) is 16.4. The molecule has 2 aromatic rings. The predicted molar refractivity (Wildman–Crippen MR) is 106 cm³/mol. The Kier molecular flexibility index (Phi) is 8.14. The fourth-order valence-electron chi connectivity index (χ4n) is 2.62. The minimum atomic E-state index is -0.421. The van der Waals surface area contributed by atoms with Gasteiger partial charge in [-0.1, -0.05) is 43.7 Å². The molecule has 0 radical (unpaired) electrons. The first kappa shape index (κ1) is 20.8. The van der Waals surface area contributed by atoms with Crippen LogP contribution in [0.5, 0.6) is 11.5 Å². The van der Waals surface area contributed by atoms with E-state index in [9.17, 15) is 9.90 Å². The normalized spacial score (nSPS) is 12.0. The first-order chi connectivity index (χ1) is 13.0. The third-order valence-electron chi connectivity index (χ3n) is 4.40. The van der Waals surface area contributed by atoms with Crippen LogP contribution in [-0.4, -0.2) is 49.3 Å². The number of phenolic OH excluding ortho intramolecular Hbond substituents is 1. The average molecular weight is 371 g/mol. The van der Waals surface area contributed by atoms with Crippen LogP contribution in [0.2, 0.25) is 0 Å². The molecule has 0 unspecified atom stereocenters. The maximum Gasteiger partial charge on any atom is 0.338 e. The van der Waals surface area contributed by atoms with Crippen LogP contribution in [0.15, 0.2) is 48.5 Å². The molecule has 0 aliphatic rings. The van der Waals surface area contributed by atoms with Gasteiger partial charge in [0.1, 0.15) is 6.61 Å². The van der Waals surface area contributed by atoms with Crippen LogP contribution >= 0.6 is 0 Å². The minimum Gasteiger partial charge on any atom is -0.504 e. The second-order valence-corrected chi connectivity index (χ2v) is 6.79. The number of benzene rings is 2. The minimum absolute atomic E-state index is 0.0258. The molecule has 0 amide bonds.